The van der Waals surface area contributed by atoms with Gasteiger partial charge < -0.3 is 25.4 Å². The van der Waals surface area contributed by atoms with Crippen LogP contribution < -0.4 is 15.5 Å². The standard InChI is InChI=1S/C24H25N7O2/c25-24-20(14-19(28-29-24)18-4-1-2-5-21(18)32)30-10-3-11-31(13-12-30)23-8-9-26-22(27-23)7-6-17-15-33-16-17/h1-2,4-5,8-9,14,17,32H,3,10-13,15-16H2,(H2,25,29). The third kappa shape index (κ3) is 4.66. The van der Waals surface area contributed by atoms with Crippen LogP contribution in [0.2, 0.25) is 0 Å². The van der Waals surface area contributed by atoms with Crippen molar-refractivity contribution in [3.63, 3.8) is 0 Å². The zero-order valence-electron chi connectivity index (χ0n) is 18.2. The predicted molar refractivity (Wildman–Crippen MR) is 126 cm³/mol. The number of nitrogens with two attached hydrogens (primary N) is 1. The lowest BCUT2D eigenvalue weighted by Crippen LogP contribution is -2.31. The van der Waals surface area contributed by atoms with Gasteiger partial charge in [0, 0.05) is 37.9 Å². The van der Waals surface area contributed by atoms with Crippen molar-refractivity contribution < 1.29 is 9.84 Å². The zero-order chi connectivity index (χ0) is 22.6. The number of phenolic OH excluding ortho intramolecular Hbond substituents is 1. The Morgan fingerprint density at radius 1 is 1.03 bits per heavy atom. The normalized spacial score (nSPS) is 16.5. The van der Waals surface area contributed by atoms with E-state index in [0.717, 1.165) is 44.1 Å². The van der Waals surface area contributed by atoms with Gasteiger partial charge in [0.2, 0.25) is 5.82 Å². The van der Waals surface area contributed by atoms with Gasteiger partial charge >= 0.3 is 0 Å². The first-order valence-electron chi connectivity index (χ1n) is 11.0. The first kappa shape index (κ1) is 21.0. The van der Waals surface area contributed by atoms with E-state index < -0.39 is 0 Å². The SMILES string of the molecule is Nc1nnc(-c2ccccc2O)cc1N1CCCN(c2ccnc(C#CC3COC3)n2)CC1. The molecule has 0 bridgehead atoms. The molecule has 0 atom stereocenters. The summed E-state index contributed by atoms with van der Waals surface area (Å²) in [4.78, 5) is 13.4. The zero-order valence-corrected chi connectivity index (χ0v) is 18.2. The van der Waals surface area contributed by atoms with E-state index in [1.54, 1.807) is 18.3 Å². The summed E-state index contributed by atoms with van der Waals surface area (Å²) in [6, 6.07) is 10.9. The molecular weight excluding hydrogens is 418 g/mol. The van der Waals surface area contributed by atoms with Gasteiger partial charge in [-0.3, -0.25) is 0 Å². The van der Waals surface area contributed by atoms with E-state index in [-0.39, 0.29) is 11.7 Å². The largest absolute Gasteiger partial charge is 0.507 e. The van der Waals surface area contributed by atoms with E-state index in [2.05, 4.69) is 41.8 Å². The minimum absolute atomic E-state index is 0.164. The molecule has 1 aromatic carbocycles. The first-order valence-corrected chi connectivity index (χ1v) is 11.0. The molecule has 9 heteroatoms. The van der Waals surface area contributed by atoms with Crippen LogP contribution in [-0.2, 0) is 4.74 Å². The van der Waals surface area contributed by atoms with Crippen molar-refractivity contribution >= 4 is 17.3 Å². The molecule has 2 aromatic heterocycles. The molecule has 5 rings (SSSR count). The predicted octanol–water partition coefficient (Wildman–Crippen LogP) is 1.94. The summed E-state index contributed by atoms with van der Waals surface area (Å²) in [5.74, 6) is 8.47. The smallest absolute Gasteiger partial charge is 0.206 e. The quantitative estimate of drug-likeness (QED) is 0.586. The molecule has 3 N–H and O–H groups in total. The fourth-order valence-electron chi connectivity index (χ4n) is 3.93. The van der Waals surface area contributed by atoms with Crippen molar-refractivity contribution in [3.8, 4) is 28.8 Å². The van der Waals surface area contributed by atoms with E-state index >= 15 is 0 Å². The molecule has 3 aromatic rings. The fraction of sp³-hybridized carbons (Fsp3) is 0.333. The molecule has 0 saturated carbocycles. The highest BCUT2D eigenvalue weighted by atomic mass is 16.5. The van der Waals surface area contributed by atoms with E-state index in [0.29, 0.717) is 36.1 Å². The number of phenols is 1. The van der Waals surface area contributed by atoms with Crippen LogP contribution in [0.4, 0.5) is 17.3 Å². The Bertz CT molecular complexity index is 1200. The average Bonchev–Trinajstić information content (AvgIpc) is 3.05. The van der Waals surface area contributed by atoms with Gasteiger partial charge in [-0.25, -0.2) is 9.97 Å². The third-order valence-corrected chi connectivity index (χ3v) is 5.81. The number of hydrogen-bond donors (Lipinski definition) is 2. The lowest BCUT2D eigenvalue weighted by Gasteiger charge is -2.25. The molecule has 0 amide bonds. The monoisotopic (exact) mass is 443 g/mol. The highest BCUT2D eigenvalue weighted by Gasteiger charge is 2.20. The molecule has 2 aliphatic heterocycles. The van der Waals surface area contributed by atoms with E-state index in [4.69, 9.17) is 10.5 Å². The summed E-state index contributed by atoms with van der Waals surface area (Å²) in [6.07, 6.45) is 2.69. The van der Waals surface area contributed by atoms with Gasteiger partial charge in [0.1, 0.15) is 11.6 Å². The van der Waals surface area contributed by atoms with Crippen molar-refractivity contribution in [2.75, 3.05) is 54.9 Å². The molecule has 0 radical (unpaired) electrons. The summed E-state index contributed by atoms with van der Waals surface area (Å²) in [7, 11) is 0. The lowest BCUT2D eigenvalue weighted by molar-refractivity contribution is -0.00301. The number of aromatic hydroxyl groups is 1. The van der Waals surface area contributed by atoms with Gasteiger partial charge in [-0.15, -0.1) is 10.2 Å². The Labute approximate surface area is 192 Å². The highest BCUT2D eigenvalue weighted by Crippen LogP contribution is 2.31. The second kappa shape index (κ2) is 9.30. The van der Waals surface area contributed by atoms with Crippen LogP contribution in [0.15, 0.2) is 42.6 Å². The molecule has 0 spiro atoms. The van der Waals surface area contributed by atoms with Gasteiger partial charge in [0.25, 0.3) is 0 Å². The Balaban J connectivity index is 1.32. The van der Waals surface area contributed by atoms with Crippen LogP contribution in [0, 0.1) is 17.8 Å². The van der Waals surface area contributed by atoms with Crippen LogP contribution in [0.25, 0.3) is 11.3 Å². The van der Waals surface area contributed by atoms with Crippen LogP contribution >= 0.6 is 0 Å². The van der Waals surface area contributed by atoms with Crippen molar-refractivity contribution in [2.45, 2.75) is 6.42 Å². The van der Waals surface area contributed by atoms with Crippen LogP contribution in [0.1, 0.15) is 12.2 Å². The third-order valence-electron chi connectivity index (χ3n) is 5.81. The van der Waals surface area contributed by atoms with E-state index in [1.165, 1.54) is 0 Å². The van der Waals surface area contributed by atoms with Crippen LogP contribution in [0.3, 0.4) is 0 Å². The van der Waals surface area contributed by atoms with Gasteiger partial charge in [-0.2, -0.15) is 0 Å². The van der Waals surface area contributed by atoms with Gasteiger partial charge in [-0.05, 0) is 36.6 Å². The van der Waals surface area contributed by atoms with Crippen molar-refractivity contribution in [1.29, 1.82) is 0 Å². The van der Waals surface area contributed by atoms with E-state index in [9.17, 15) is 5.11 Å². The molecular formula is C24H25N7O2. The minimum atomic E-state index is 0.164. The summed E-state index contributed by atoms with van der Waals surface area (Å²) in [5, 5.41) is 18.5. The Morgan fingerprint density at radius 2 is 1.85 bits per heavy atom. The highest BCUT2D eigenvalue weighted by molar-refractivity contribution is 5.74. The molecule has 0 unspecified atom stereocenters. The van der Waals surface area contributed by atoms with Crippen LogP contribution in [-0.4, -0.2) is 64.7 Å². The number of hydrogen-bond acceptors (Lipinski definition) is 9. The summed E-state index contributed by atoms with van der Waals surface area (Å²) in [5.41, 5.74) is 8.23. The van der Waals surface area contributed by atoms with Crippen LogP contribution in [0.5, 0.6) is 5.75 Å². The molecule has 2 aliphatic rings. The molecule has 9 nitrogen and oxygen atoms in total. The number of rotatable bonds is 3. The summed E-state index contributed by atoms with van der Waals surface area (Å²) >= 11 is 0. The molecule has 168 valence electrons. The van der Waals surface area contributed by atoms with Gasteiger partial charge in [0.05, 0.1) is 30.5 Å². The molecule has 0 aliphatic carbocycles. The number of ether oxygens (including phenoxy) is 1. The molecule has 33 heavy (non-hydrogen) atoms. The Kier molecular flexibility index (Phi) is 5.91. The number of para-hydroxylation sites is 1. The molecule has 4 heterocycles. The molecule has 2 fully saturated rings. The topological polar surface area (TPSA) is 114 Å². The number of nitrogen functional groups attached to an aromatic ring is 1. The number of benzene rings is 1. The van der Waals surface area contributed by atoms with Gasteiger partial charge in [-0.1, -0.05) is 18.1 Å². The Morgan fingerprint density at radius 3 is 2.67 bits per heavy atom. The van der Waals surface area contributed by atoms with Gasteiger partial charge in [0.15, 0.2) is 5.82 Å². The Hall–Kier alpha value is -3.90. The first-order chi connectivity index (χ1) is 16.2. The van der Waals surface area contributed by atoms with Crippen molar-refractivity contribution in [3.05, 3.63) is 48.4 Å². The van der Waals surface area contributed by atoms with Crippen molar-refractivity contribution in [2.24, 2.45) is 5.92 Å². The number of anilines is 3. The minimum Gasteiger partial charge on any atom is -0.507 e. The lowest BCUT2D eigenvalue weighted by atomic mass is 10.1. The second-order valence-corrected chi connectivity index (χ2v) is 8.09. The van der Waals surface area contributed by atoms with E-state index in [1.807, 2.05) is 24.3 Å². The number of aromatic nitrogens is 4. The maximum absolute atomic E-state index is 10.2. The number of nitrogens with zero attached hydrogens (tertiary/aromatic N) is 6. The average molecular weight is 444 g/mol. The summed E-state index contributed by atoms with van der Waals surface area (Å²) < 4.78 is 5.16. The molecule has 2 saturated heterocycles. The summed E-state index contributed by atoms with van der Waals surface area (Å²) in [6.45, 7) is 4.59. The maximum Gasteiger partial charge on any atom is 0.206 e. The maximum atomic E-state index is 10.2. The van der Waals surface area contributed by atoms with Crippen molar-refractivity contribution in [1.82, 2.24) is 20.2 Å². The fourth-order valence-corrected chi connectivity index (χ4v) is 3.93. The second-order valence-electron chi connectivity index (χ2n) is 8.09.